The van der Waals surface area contributed by atoms with Crippen molar-refractivity contribution in [3.63, 3.8) is 0 Å². The van der Waals surface area contributed by atoms with E-state index in [-0.39, 0.29) is 16.6 Å². The molecule has 0 radical (unpaired) electrons. The first kappa shape index (κ1) is 77.6. The zero-order valence-electron chi connectivity index (χ0n) is 63.9. The molecule has 3 aromatic rings. The Balaban J connectivity index is 0.000000200. The highest BCUT2D eigenvalue weighted by molar-refractivity contribution is 6.03. The Morgan fingerprint density at radius 1 is 0.520 bits per heavy atom. The smallest absolute Gasteiger partial charge is 0.209 e. The Morgan fingerprint density at radius 2 is 1.00 bits per heavy atom. The van der Waals surface area contributed by atoms with Crippen LogP contribution in [0.3, 0.4) is 0 Å². The molecule has 3 aromatic carbocycles. The minimum absolute atomic E-state index is 0.112. The standard InChI is InChI=1S/C48H60N3O3.3C12H22.C8H16/c1-7-31-50-42-21-11-9-19-40(42)47(3,4)44(50)29-25-36-16-15-17-37(26-30-45-48(5,6)41-20-10-12-22-43(41)51(45)32-8-2)46(36)54-39-27-23-35(24-28-39)34-38(52)18-13-14-33-53-49;3*1-3-7-11(8-4-1)12-9-5-2-6-10-12;1-2-8-6-4-3-5-7-8/h9-12,19-30H,7-8,13-18,31-34,49H2,1-6H3;3*11-12H,1-10H2;8H,2-7H2,1H3/q+1;;;;. The largest absolute Gasteiger partial charge is 0.457 e. The summed E-state index contributed by atoms with van der Waals surface area (Å²) in [5, 5.41) is 0. The zero-order chi connectivity index (χ0) is 68.8. The van der Waals surface area contributed by atoms with Gasteiger partial charge in [0.25, 0.3) is 0 Å². The number of nitrogens with zero attached hydrogens (tertiary/aromatic N) is 2. The number of carbonyl (C=O) groups excluding carboxylic acids is 1. The fourth-order valence-electron chi connectivity index (χ4n) is 19.8. The van der Waals surface area contributed by atoms with Crippen LogP contribution in [0, 0.1) is 41.4 Å². The quantitative estimate of drug-likeness (QED) is 0.0694. The predicted octanol–water partition coefficient (Wildman–Crippen LogP) is 26.2. The number of anilines is 1. The molecule has 0 saturated heterocycles. The highest BCUT2D eigenvalue weighted by atomic mass is 16.6. The molecule has 6 nitrogen and oxygen atoms in total. The number of benzene rings is 3. The fraction of sp³-hybridized carbons (Fsp3) is 0.696. The predicted molar refractivity (Wildman–Crippen MR) is 419 cm³/mol. The third-order valence-electron chi connectivity index (χ3n) is 25.6. The van der Waals surface area contributed by atoms with Gasteiger partial charge in [0.15, 0.2) is 5.71 Å². The molecule has 0 aromatic heterocycles. The number of fused-ring (bicyclic) bond motifs is 2. The Morgan fingerprint density at radius 3 is 1.47 bits per heavy atom. The molecule has 2 heterocycles. The molecular formula is C92H142N3O3+. The van der Waals surface area contributed by atoms with E-state index in [1.54, 1.807) is 77.0 Å². The summed E-state index contributed by atoms with van der Waals surface area (Å²) in [5.74, 6) is 15.0. The summed E-state index contributed by atoms with van der Waals surface area (Å²) in [4.78, 5) is 19.8. The normalized spacial score (nSPS) is 23.0. The van der Waals surface area contributed by atoms with Crippen molar-refractivity contribution in [3.8, 4) is 5.75 Å². The van der Waals surface area contributed by atoms with E-state index in [0.29, 0.717) is 19.4 Å². The third-order valence-corrected chi connectivity index (χ3v) is 25.6. The van der Waals surface area contributed by atoms with E-state index in [4.69, 9.17) is 10.6 Å². The lowest BCUT2D eigenvalue weighted by molar-refractivity contribution is -0.437. The number of Topliss-reactive ketones (excluding diaryl/α,β-unsaturated/α-hetero) is 1. The van der Waals surface area contributed by atoms with Crippen LogP contribution in [0.25, 0.3) is 0 Å². The van der Waals surface area contributed by atoms with Gasteiger partial charge < -0.3 is 14.5 Å². The Bertz CT molecular complexity index is 2820. The lowest BCUT2D eigenvalue weighted by atomic mass is 9.73. The third kappa shape index (κ3) is 22.7. The summed E-state index contributed by atoms with van der Waals surface area (Å²) < 4.78 is 9.43. The van der Waals surface area contributed by atoms with Crippen LogP contribution in [0.5, 0.6) is 5.75 Å². The van der Waals surface area contributed by atoms with E-state index < -0.39 is 0 Å². The molecule has 8 aliphatic carbocycles. The maximum atomic E-state index is 12.6. The molecule has 2 N–H and O–H groups in total. The maximum Gasteiger partial charge on any atom is 0.209 e. The number of hydrogen-bond donors (Lipinski definition) is 1. The van der Waals surface area contributed by atoms with Crippen molar-refractivity contribution in [1.82, 2.24) is 0 Å². The van der Waals surface area contributed by atoms with Crippen molar-refractivity contribution in [1.29, 1.82) is 0 Å². The van der Waals surface area contributed by atoms with Crippen molar-refractivity contribution < 1.29 is 18.9 Å². The van der Waals surface area contributed by atoms with E-state index >= 15 is 0 Å². The molecule has 0 spiro atoms. The van der Waals surface area contributed by atoms with E-state index in [0.717, 1.165) is 117 Å². The summed E-state index contributed by atoms with van der Waals surface area (Å²) >= 11 is 0. The van der Waals surface area contributed by atoms with Crippen molar-refractivity contribution >= 4 is 22.9 Å². The van der Waals surface area contributed by atoms with Gasteiger partial charge in [-0.2, -0.15) is 4.58 Å². The molecule has 98 heavy (non-hydrogen) atoms. The molecule has 2 aliphatic heterocycles. The highest BCUT2D eigenvalue weighted by Gasteiger charge is 2.44. The maximum absolute atomic E-state index is 12.6. The number of para-hydroxylation sites is 2. The van der Waals surface area contributed by atoms with Gasteiger partial charge in [0.2, 0.25) is 5.69 Å². The molecule has 0 atom stereocenters. The van der Waals surface area contributed by atoms with Crippen molar-refractivity contribution in [2.24, 2.45) is 47.3 Å². The van der Waals surface area contributed by atoms with Crippen LogP contribution in [0.15, 0.2) is 120 Å². The molecule has 6 heteroatoms. The Hall–Kier alpha value is -4.52. The molecule has 7 saturated carbocycles. The molecule has 7 fully saturated rings. The van der Waals surface area contributed by atoms with E-state index in [1.807, 2.05) is 24.3 Å². The number of rotatable bonds is 20. The van der Waals surface area contributed by atoms with E-state index in [2.05, 4.69) is 136 Å². The van der Waals surface area contributed by atoms with Gasteiger partial charge in [-0.25, -0.2) is 5.90 Å². The van der Waals surface area contributed by atoms with E-state index in [9.17, 15) is 4.79 Å². The fourth-order valence-corrected chi connectivity index (χ4v) is 19.8. The highest BCUT2D eigenvalue weighted by Crippen LogP contribution is 2.49. The molecular weight excluding hydrogens is 1200 g/mol. The second-order valence-corrected chi connectivity index (χ2v) is 33.3. The lowest BCUT2D eigenvalue weighted by Crippen LogP contribution is -2.28. The van der Waals surface area contributed by atoms with Crippen LogP contribution in [0.1, 0.15) is 348 Å². The number of nitrogens with two attached hydrogens (primary N) is 1. The lowest BCUT2D eigenvalue weighted by Gasteiger charge is -2.32. The van der Waals surface area contributed by atoms with Crippen molar-refractivity contribution in [2.75, 3.05) is 24.6 Å². The minimum Gasteiger partial charge on any atom is -0.457 e. The van der Waals surface area contributed by atoms with Crippen LogP contribution in [-0.2, 0) is 26.9 Å². The van der Waals surface area contributed by atoms with Gasteiger partial charge in [0.1, 0.15) is 23.8 Å². The van der Waals surface area contributed by atoms with Gasteiger partial charge in [-0.15, -0.1) is 0 Å². The summed E-state index contributed by atoms with van der Waals surface area (Å²) in [5.41, 5.74) is 11.2. The van der Waals surface area contributed by atoms with Gasteiger partial charge >= 0.3 is 0 Å². The van der Waals surface area contributed by atoms with Gasteiger partial charge in [0.05, 0.1) is 12.0 Å². The van der Waals surface area contributed by atoms with E-state index in [1.165, 1.54) is 199 Å². The number of carbonyl (C=O) groups is 1. The number of unbranched alkanes of at least 4 members (excludes halogenated alkanes) is 1. The molecule has 0 bridgehead atoms. The average molecular weight is 1340 g/mol. The summed E-state index contributed by atoms with van der Waals surface area (Å²) in [6.45, 7) is 18.6. The summed E-state index contributed by atoms with van der Waals surface area (Å²) in [6.07, 6.45) is 72.0. The average Bonchev–Trinajstić information content (AvgIpc) is 1.60. The molecule has 13 rings (SSSR count). The Labute approximate surface area is 600 Å². The minimum atomic E-state index is -0.112. The van der Waals surface area contributed by atoms with Crippen LogP contribution in [0.2, 0.25) is 0 Å². The second-order valence-electron chi connectivity index (χ2n) is 33.3. The monoisotopic (exact) mass is 1340 g/mol. The number of hydrogen-bond acceptors (Lipinski definition) is 5. The van der Waals surface area contributed by atoms with Gasteiger partial charge in [-0.3, -0.25) is 4.79 Å². The van der Waals surface area contributed by atoms with Crippen molar-refractivity contribution in [3.05, 3.63) is 136 Å². The topological polar surface area (TPSA) is 67.8 Å². The van der Waals surface area contributed by atoms with Gasteiger partial charge in [-0.05, 0) is 146 Å². The van der Waals surface area contributed by atoms with Crippen LogP contribution in [-0.4, -0.2) is 35.8 Å². The second kappa shape index (κ2) is 41.5. The Kier molecular flexibility index (Phi) is 32.9. The molecule has 0 unspecified atom stereocenters. The van der Waals surface area contributed by atoms with Crippen LogP contribution < -0.4 is 15.5 Å². The van der Waals surface area contributed by atoms with Crippen LogP contribution in [0.4, 0.5) is 11.4 Å². The first-order valence-electron chi connectivity index (χ1n) is 42.0. The van der Waals surface area contributed by atoms with Crippen LogP contribution >= 0.6 is 0 Å². The molecule has 0 amide bonds. The van der Waals surface area contributed by atoms with Gasteiger partial charge in [-0.1, -0.05) is 320 Å². The number of allylic oxidation sites excluding steroid dienone is 7. The zero-order valence-corrected chi connectivity index (χ0v) is 63.9. The number of ketones is 1. The van der Waals surface area contributed by atoms with Crippen molar-refractivity contribution in [2.45, 2.75) is 348 Å². The summed E-state index contributed by atoms with van der Waals surface area (Å²) in [6, 6.07) is 25.8. The SMILES string of the molecule is C1CCC(C2CCCCC2)CC1.C1CCC(C2CCCCC2)CC1.C1CCC(C2CCCCC2)CC1.CCC1CCCCC1.CCCN1/C(=C\C=C2/CCCC(/C=C/C3=[N+](CCC)c4ccccc4C3(C)C)=C2Oc2ccc(CC(=O)CCCCON)cc2)C(C)(C)c2ccccc21. The first-order chi connectivity index (χ1) is 47.9. The number of ether oxygens (including phenoxy) is 1. The molecule has 542 valence electrons. The summed E-state index contributed by atoms with van der Waals surface area (Å²) in [7, 11) is 0. The van der Waals surface area contributed by atoms with Gasteiger partial charge in [0, 0.05) is 60.3 Å². The first-order valence-corrected chi connectivity index (χ1v) is 42.0. The molecule has 10 aliphatic rings.